The van der Waals surface area contributed by atoms with Crippen molar-refractivity contribution in [1.29, 1.82) is 0 Å². The highest BCUT2D eigenvalue weighted by Gasteiger charge is 2.16. The topological polar surface area (TPSA) is 69.4 Å². The molecule has 21 heavy (non-hydrogen) atoms. The smallest absolute Gasteiger partial charge is 0.338 e. The van der Waals surface area contributed by atoms with Gasteiger partial charge in [-0.3, -0.25) is 4.79 Å². The third kappa shape index (κ3) is 5.81. The number of hydrogen-bond acceptors (Lipinski definition) is 3. The van der Waals surface area contributed by atoms with E-state index in [0.29, 0.717) is 12.2 Å². The van der Waals surface area contributed by atoms with Gasteiger partial charge in [0.15, 0.2) is 0 Å². The number of amides is 1. The second-order valence-electron chi connectivity index (χ2n) is 4.97. The Labute approximate surface area is 126 Å². The van der Waals surface area contributed by atoms with E-state index in [4.69, 9.17) is 10.5 Å². The summed E-state index contributed by atoms with van der Waals surface area (Å²) in [7, 11) is 0. The van der Waals surface area contributed by atoms with Crippen LogP contribution in [0.15, 0.2) is 30.3 Å². The second kappa shape index (κ2) is 8.95. The van der Waals surface area contributed by atoms with Crippen LogP contribution in [0.1, 0.15) is 43.7 Å². The van der Waals surface area contributed by atoms with E-state index in [0.717, 1.165) is 37.3 Å². The Kier molecular flexibility index (Phi) is 7.23. The summed E-state index contributed by atoms with van der Waals surface area (Å²) in [5, 5.41) is 0. The van der Waals surface area contributed by atoms with E-state index in [2.05, 4.69) is 6.92 Å². The molecule has 0 fully saturated rings. The quantitative estimate of drug-likeness (QED) is 0.454. The van der Waals surface area contributed by atoms with E-state index >= 15 is 0 Å². The standard InChI is InChI=1S/C17H23NO3/c1-3-4-5-8-11-21-17(20)15(12-16(18)19)14-10-7-6-9-13(14)2/h6-7,9-10,12H,3-5,8,11H2,1-2H3,(H2,18,19)/b15-12-. The fourth-order valence-corrected chi connectivity index (χ4v) is 2.04. The molecule has 1 amide bonds. The first-order chi connectivity index (χ1) is 10.1. The minimum atomic E-state index is -0.656. The number of carbonyl (C=O) groups is 2. The number of ether oxygens (including phenoxy) is 1. The van der Waals surface area contributed by atoms with Crippen molar-refractivity contribution >= 4 is 17.4 Å². The predicted molar refractivity (Wildman–Crippen MR) is 83.5 cm³/mol. The number of unbranched alkanes of at least 4 members (excludes halogenated alkanes) is 3. The van der Waals surface area contributed by atoms with Crippen molar-refractivity contribution in [2.45, 2.75) is 39.5 Å². The minimum absolute atomic E-state index is 0.219. The van der Waals surface area contributed by atoms with Gasteiger partial charge in [0, 0.05) is 6.08 Å². The first-order valence-corrected chi connectivity index (χ1v) is 7.30. The first kappa shape index (κ1) is 17.0. The summed E-state index contributed by atoms with van der Waals surface area (Å²) in [4.78, 5) is 23.3. The Bertz CT molecular complexity index is 521. The number of aryl methyl sites for hydroxylation is 1. The number of carbonyl (C=O) groups excluding carboxylic acids is 2. The zero-order chi connectivity index (χ0) is 15.7. The number of rotatable bonds is 8. The third-order valence-electron chi connectivity index (χ3n) is 3.17. The zero-order valence-corrected chi connectivity index (χ0v) is 12.7. The normalized spacial score (nSPS) is 11.2. The second-order valence-corrected chi connectivity index (χ2v) is 4.97. The first-order valence-electron chi connectivity index (χ1n) is 7.30. The van der Waals surface area contributed by atoms with Crippen molar-refractivity contribution in [1.82, 2.24) is 0 Å². The summed E-state index contributed by atoms with van der Waals surface area (Å²) < 4.78 is 5.25. The number of benzene rings is 1. The van der Waals surface area contributed by atoms with Crippen LogP contribution >= 0.6 is 0 Å². The van der Waals surface area contributed by atoms with Crippen LogP contribution < -0.4 is 5.73 Å². The molecule has 0 aliphatic rings. The molecule has 2 N–H and O–H groups in total. The molecule has 0 radical (unpaired) electrons. The highest BCUT2D eigenvalue weighted by molar-refractivity contribution is 6.21. The van der Waals surface area contributed by atoms with Gasteiger partial charge >= 0.3 is 5.97 Å². The molecule has 1 aromatic rings. The van der Waals surface area contributed by atoms with Crippen molar-refractivity contribution in [2.75, 3.05) is 6.61 Å². The van der Waals surface area contributed by atoms with E-state index in [-0.39, 0.29) is 5.57 Å². The summed E-state index contributed by atoms with van der Waals surface area (Å²) in [6, 6.07) is 7.34. The number of hydrogen-bond donors (Lipinski definition) is 1. The summed E-state index contributed by atoms with van der Waals surface area (Å²) >= 11 is 0. The van der Waals surface area contributed by atoms with Gasteiger partial charge in [-0.05, 0) is 24.5 Å². The Hall–Kier alpha value is -2.10. The molecule has 0 unspecified atom stereocenters. The molecule has 0 saturated heterocycles. The zero-order valence-electron chi connectivity index (χ0n) is 12.7. The van der Waals surface area contributed by atoms with Crippen molar-refractivity contribution in [3.63, 3.8) is 0 Å². The van der Waals surface area contributed by atoms with Gasteiger partial charge in [-0.2, -0.15) is 0 Å². The van der Waals surface area contributed by atoms with Gasteiger partial charge in [-0.15, -0.1) is 0 Å². The SMILES string of the molecule is CCCCCCOC(=O)/C(=C\C(N)=O)c1ccccc1C. The van der Waals surface area contributed by atoms with Crippen LogP contribution in [0.4, 0.5) is 0 Å². The molecule has 0 spiro atoms. The molecule has 0 atom stereocenters. The Morgan fingerprint density at radius 3 is 2.52 bits per heavy atom. The Balaban J connectivity index is 2.78. The van der Waals surface area contributed by atoms with Crippen LogP contribution in [-0.2, 0) is 14.3 Å². The van der Waals surface area contributed by atoms with E-state index in [1.807, 2.05) is 25.1 Å². The summed E-state index contributed by atoms with van der Waals surface area (Å²) in [6.45, 7) is 4.36. The number of esters is 1. The molecular weight excluding hydrogens is 266 g/mol. The van der Waals surface area contributed by atoms with Crippen molar-refractivity contribution < 1.29 is 14.3 Å². The van der Waals surface area contributed by atoms with Crippen LogP contribution in [0.5, 0.6) is 0 Å². The highest BCUT2D eigenvalue weighted by Crippen LogP contribution is 2.20. The molecular formula is C17H23NO3. The lowest BCUT2D eigenvalue weighted by molar-refractivity contribution is -0.136. The van der Waals surface area contributed by atoms with E-state index in [1.165, 1.54) is 0 Å². The largest absolute Gasteiger partial charge is 0.462 e. The fourth-order valence-electron chi connectivity index (χ4n) is 2.04. The summed E-state index contributed by atoms with van der Waals surface area (Å²) in [5.41, 5.74) is 6.98. The predicted octanol–water partition coefficient (Wildman–Crippen LogP) is 2.99. The van der Waals surface area contributed by atoms with Crippen LogP contribution in [0.25, 0.3) is 5.57 Å². The van der Waals surface area contributed by atoms with Crippen molar-refractivity contribution in [3.05, 3.63) is 41.5 Å². The number of primary amides is 1. The van der Waals surface area contributed by atoms with Crippen molar-refractivity contribution in [2.24, 2.45) is 5.73 Å². The molecule has 1 aromatic carbocycles. The highest BCUT2D eigenvalue weighted by atomic mass is 16.5. The van der Waals surface area contributed by atoms with Crippen LogP contribution in [0.3, 0.4) is 0 Å². The third-order valence-corrected chi connectivity index (χ3v) is 3.17. The maximum absolute atomic E-state index is 12.2. The van der Waals surface area contributed by atoms with E-state index in [9.17, 15) is 9.59 Å². The van der Waals surface area contributed by atoms with Gasteiger partial charge in [-0.1, -0.05) is 50.5 Å². The molecule has 4 nitrogen and oxygen atoms in total. The molecule has 4 heteroatoms. The Morgan fingerprint density at radius 1 is 1.19 bits per heavy atom. The monoisotopic (exact) mass is 289 g/mol. The molecule has 0 aromatic heterocycles. The molecule has 0 aliphatic heterocycles. The van der Waals surface area contributed by atoms with E-state index < -0.39 is 11.9 Å². The van der Waals surface area contributed by atoms with Gasteiger partial charge in [-0.25, -0.2) is 4.79 Å². The van der Waals surface area contributed by atoms with Gasteiger partial charge in [0.2, 0.25) is 5.91 Å². The lowest BCUT2D eigenvalue weighted by Crippen LogP contribution is -2.14. The lowest BCUT2D eigenvalue weighted by Gasteiger charge is -2.10. The maximum Gasteiger partial charge on any atom is 0.338 e. The summed E-state index contributed by atoms with van der Waals surface area (Å²) in [6.07, 6.45) is 5.25. The average Bonchev–Trinajstić information content (AvgIpc) is 2.45. The molecule has 0 heterocycles. The molecule has 1 rings (SSSR count). The molecule has 0 saturated carbocycles. The van der Waals surface area contributed by atoms with Crippen LogP contribution in [0.2, 0.25) is 0 Å². The Morgan fingerprint density at radius 2 is 1.90 bits per heavy atom. The average molecular weight is 289 g/mol. The molecule has 0 bridgehead atoms. The fraction of sp³-hybridized carbons (Fsp3) is 0.412. The van der Waals surface area contributed by atoms with E-state index in [1.54, 1.807) is 6.07 Å². The van der Waals surface area contributed by atoms with Gasteiger partial charge in [0.05, 0.1) is 12.2 Å². The maximum atomic E-state index is 12.2. The lowest BCUT2D eigenvalue weighted by atomic mass is 10.0. The van der Waals surface area contributed by atoms with Crippen LogP contribution in [-0.4, -0.2) is 18.5 Å². The minimum Gasteiger partial charge on any atom is -0.462 e. The van der Waals surface area contributed by atoms with Gasteiger partial charge < -0.3 is 10.5 Å². The molecule has 0 aliphatic carbocycles. The van der Waals surface area contributed by atoms with Crippen LogP contribution in [0, 0.1) is 6.92 Å². The number of nitrogens with two attached hydrogens (primary N) is 1. The van der Waals surface area contributed by atoms with Gasteiger partial charge in [0.25, 0.3) is 0 Å². The van der Waals surface area contributed by atoms with Gasteiger partial charge in [0.1, 0.15) is 0 Å². The van der Waals surface area contributed by atoms with Crippen molar-refractivity contribution in [3.8, 4) is 0 Å². The molecule has 114 valence electrons. The summed E-state index contributed by atoms with van der Waals surface area (Å²) in [5.74, 6) is -1.16.